The molecule has 1 nitrogen and oxygen atoms in total. The molecule has 1 aromatic rings. The summed E-state index contributed by atoms with van der Waals surface area (Å²) in [6.07, 6.45) is 3.51. The minimum absolute atomic E-state index is 0.116. The van der Waals surface area contributed by atoms with Gasteiger partial charge in [0.2, 0.25) is 0 Å². The van der Waals surface area contributed by atoms with Gasteiger partial charge >= 0.3 is 0 Å². The van der Waals surface area contributed by atoms with Gasteiger partial charge in [0.15, 0.2) is 0 Å². The van der Waals surface area contributed by atoms with Crippen LogP contribution >= 0.6 is 0 Å². The fourth-order valence-corrected chi connectivity index (χ4v) is 2.01. The van der Waals surface area contributed by atoms with Crippen LogP contribution in [0.15, 0.2) is 18.2 Å². The first-order valence-corrected chi connectivity index (χ1v) is 7.34. The summed E-state index contributed by atoms with van der Waals surface area (Å²) in [5, 5.41) is 0. The van der Waals surface area contributed by atoms with Crippen molar-refractivity contribution < 1.29 is 4.39 Å². The quantitative estimate of drug-likeness (QED) is 0.685. The van der Waals surface area contributed by atoms with Gasteiger partial charge < -0.3 is 4.90 Å². The second kappa shape index (κ2) is 6.93. The van der Waals surface area contributed by atoms with Crippen LogP contribution in [-0.2, 0) is 0 Å². The first-order valence-electron chi connectivity index (χ1n) is 7.34. The highest BCUT2D eigenvalue weighted by Crippen LogP contribution is 2.23. The Morgan fingerprint density at radius 2 is 1.84 bits per heavy atom. The van der Waals surface area contributed by atoms with E-state index in [2.05, 4.69) is 32.6 Å². The lowest BCUT2D eigenvalue weighted by molar-refractivity contribution is 0.378. The van der Waals surface area contributed by atoms with Crippen molar-refractivity contribution in [2.24, 2.45) is 5.41 Å². The molecule has 0 aliphatic rings. The number of aryl methyl sites for hydroxylation is 1. The SMILES string of the molecule is CCCCN(CCC(C)(C)C)c1ccc(F)c(C)c1. The Kier molecular flexibility index (Phi) is 5.84. The maximum absolute atomic E-state index is 13.4. The molecule has 0 heterocycles. The third kappa shape index (κ3) is 5.63. The van der Waals surface area contributed by atoms with Gasteiger partial charge in [0, 0.05) is 18.8 Å². The summed E-state index contributed by atoms with van der Waals surface area (Å²) < 4.78 is 13.4. The number of anilines is 1. The molecule has 0 saturated carbocycles. The lowest BCUT2D eigenvalue weighted by Crippen LogP contribution is -2.28. The molecule has 19 heavy (non-hydrogen) atoms. The van der Waals surface area contributed by atoms with Crippen molar-refractivity contribution in [3.05, 3.63) is 29.6 Å². The molecule has 0 bridgehead atoms. The van der Waals surface area contributed by atoms with Gasteiger partial charge in [-0.3, -0.25) is 0 Å². The van der Waals surface area contributed by atoms with E-state index < -0.39 is 0 Å². The molecule has 0 N–H and O–H groups in total. The Hall–Kier alpha value is -1.05. The van der Waals surface area contributed by atoms with Crippen LogP contribution in [0.5, 0.6) is 0 Å². The van der Waals surface area contributed by atoms with Gasteiger partial charge in [-0.2, -0.15) is 0 Å². The topological polar surface area (TPSA) is 3.24 Å². The molecular weight excluding hydrogens is 237 g/mol. The maximum atomic E-state index is 13.4. The Morgan fingerprint density at radius 3 is 2.37 bits per heavy atom. The van der Waals surface area contributed by atoms with Crippen molar-refractivity contribution in [2.45, 2.75) is 53.9 Å². The van der Waals surface area contributed by atoms with Crippen LogP contribution in [0.4, 0.5) is 10.1 Å². The number of unbranched alkanes of at least 4 members (excludes halogenated alkanes) is 1. The maximum Gasteiger partial charge on any atom is 0.126 e. The number of hydrogen-bond acceptors (Lipinski definition) is 1. The van der Waals surface area contributed by atoms with Crippen LogP contribution < -0.4 is 4.90 Å². The average molecular weight is 265 g/mol. The number of benzene rings is 1. The van der Waals surface area contributed by atoms with E-state index in [-0.39, 0.29) is 5.82 Å². The molecule has 1 aromatic carbocycles. The van der Waals surface area contributed by atoms with E-state index in [4.69, 9.17) is 0 Å². The molecule has 0 saturated heterocycles. The van der Waals surface area contributed by atoms with Crippen LogP contribution in [-0.4, -0.2) is 13.1 Å². The Labute approximate surface area is 117 Å². The van der Waals surface area contributed by atoms with Crippen molar-refractivity contribution in [1.82, 2.24) is 0 Å². The summed E-state index contributed by atoms with van der Waals surface area (Å²) in [5.41, 5.74) is 2.21. The molecule has 0 fully saturated rings. The first-order chi connectivity index (χ1) is 8.83. The molecule has 108 valence electrons. The third-order valence-electron chi connectivity index (χ3n) is 3.42. The molecule has 1 rings (SSSR count). The van der Waals surface area contributed by atoms with E-state index >= 15 is 0 Å². The van der Waals surface area contributed by atoms with E-state index in [1.165, 1.54) is 12.8 Å². The Morgan fingerprint density at radius 1 is 1.16 bits per heavy atom. The van der Waals surface area contributed by atoms with Crippen LogP contribution in [0.1, 0.15) is 52.5 Å². The van der Waals surface area contributed by atoms with Gasteiger partial charge in [0.1, 0.15) is 5.82 Å². The highest BCUT2D eigenvalue weighted by atomic mass is 19.1. The van der Waals surface area contributed by atoms with Gasteiger partial charge in [-0.05, 0) is 48.9 Å². The third-order valence-corrected chi connectivity index (χ3v) is 3.42. The smallest absolute Gasteiger partial charge is 0.126 e. The fourth-order valence-electron chi connectivity index (χ4n) is 2.01. The highest BCUT2D eigenvalue weighted by molar-refractivity contribution is 5.48. The summed E-state index contributed by atoms with van der Waals surface area (Å²) >= 11 is 0. The second-order valence-corrected chi connectivity index (χ2v) is 6.58. The van der Waals surface area contributed by atoms with E-state index in [0.29, 0.717) is 5.41 Å². The normalized spacial score (nSPS) is 11.7. The minimum atomic E-state index is -0.116. The Bertz CT molecular complexity index is 393. The molecule has 2 heteroatoms. The standard InChI is InChI=1S/C17H28FN/c1-6-7-11-19(12-10-17(3,4)5)15-8-9-16(18)14(2)13-15/h8-9,13H,6-7,10-12H2,1-5H3. The largest absolute Gasteiger partial charge is 0.372 e. The van der Waals surface area contributed by atoms with E-state index in [0.717, 1.165) is 30.8 Å². The lowest BCUT2D eigenvalue weighted by Gasteiger charge is -2.29. The fraction of sp³-hybridized carbons (Fsp3) is 0.647. The second-order valence-electron chi connectivity index (χ2n) is 6.58. The summed E-state index contributed by atoms with van der Waals surface area (Å²) in [6.45, 7) is 12.9. The molecule has 0 unspecified atom stereocenters. The van der Waals surface area contributed by atoms with Crippen LogP contribution in [0.25, 0.3) is 0 Å². The number of rotatable bonds is 6. The molecular formula is C17H28FN. The summed E-state index contributed by atoms with van der Waals surface area (Å²) in [7, 11) is 0. The van der Waals surface area contributed by atoms with Gasteiger partial charge in [0.05, 0.1) is 0 Å². The van der Waals surface area contributed by atoms with Crippen molar-refractivity contribution >= 4 is 5.69 Å². The molecule has 0 aliphatic carbocycles. The van der Waals surface area contributed by atoms with Gasteiger partial charge in [0.25, 0.3) is 0 Å². The van der Waals surface area contributed by atoms with Gasteiger partial charge in [-0.15, -0.1) is 0 Å². The summed E-state index contributed by atoms with van der Waals surface area (Å²) in [5.74, 6) is -0.116. The lowest BCUT2D eigenvalue weighted by atomic mass is 9.92. The van der Waals surface area contributed by atoms with E-state index in [9.17, 15) is 4.39 Å². The predicted molar refractivity (Wildman–Crippen MR) is 82.3 cm³/mol. The molecule has 0 spiro atoms. The van der Waals surface area contributed by atoms with E-state index in [1.807, 2.05) is 19.1 Å². The molecule has 0 aromatic heterocycles. The van der Waals surface area contributed by atoms with Crippen molar-refractivity contribution in [3.63, 3.8) is 0 Å². The Balaban J connectivity index is 2.79. The summed E-state index contributed by atoms with van der Waals surface area (Å²) in [4.78, 5) is 2.39. The highest BCUT2D eigenvalue weighted by Gasteiger charge is 2.14. The number of nitrogens with zero attached hydrogens (tertiary/aromatic N) is 1. The van der Waals surface area contributed by atoms with Crippen LogP contribution in [0, 0.1) is 18.2 Å². The van der Waals surface area contributed by atoms with Gasteiger partial charge in [-0.25, -0.2) is 4.39 Å². The predicted octanol–water partition coefficient (Wildman–Crippen LogP) is 5.18. The zero-order valence-corrected chi connectivity index (χ0v) is 13.1. The molecule has 0 atom stereocenters. The van der Waals surface area contributed by atoms with Gasteiger partial charge in [-0.1, -0.05) is 34.1 Å². The molecule has 0 radical (unpaired) electrons. The van der Waals surface area contributed by atoms with Crippen molar-refractivity contribution in [2.75, 3.05) is 18.0 Å². The summed E-state index contributed by atoms with van der Waals surface area (Å²) in [6, 6.07) is 5.45. The van der Waals surface area contributed by atoms with E-state index in [1.54, 1.807) is 6.07 Å². The van der Waals surface area contributed by atoms with Crippen LogP contribution in [0.3, 0.4) is 0 Å². The van der Waals surface area contributed by atoms with Crippen LogP contribution in [0.2, 0.25) is 0 Å². The van der Waals surface area contributed by atoms with Crippen molar-refractivity contribution in [1.29, 1.82) is 0 Å². The molecule has 0 aliphatic heterocycles. The molecule has 0 amide bonds. The zero-order valence-electron chi connectivity index (χ0n) is 13.1. The van der Waals surface area contributed by atoms with Crippen molar-refractivity contribution in [3.8, 4) is 0 Å². The number of hydrogen-bond donors (Lipinski definition) is 0. The average Bonchev–Trinajstić information content (AvgIpc) is 2.32. The minimum Gasteiger partial charge on any atom is -0.372 e. The number of halogens is 1. The zero-order chi connectivity index (χ0) is 14.5. The monoisotopic (exact) mass is 265 g/mol. The first kappa shape index (κ1) is 16.0.